The quantitative estimate of drug-likeness (QED) is 0.522. The molecule has 1 aromatic heterocycles. The van der Waals surface area contributed by atoms with Crippen molar-refractivity contribution in [2.24, 2.45) is 0 Å². The highest BCUT2D eigenvalue weighted by Gasteiger charge is 2.30. The minimum absolute atomic E-state index is 0.108. The normalized spacial score (nSPS) is 15.4. The van der Waals surface area contributed by atoms with Gasteiger partial charge in [-0.05, 0) is 42.3 Å². The Bertz CT molecular complexity index is 1140. The number of anilines is 1. The lowest BCUT2D eigenvalue weighted by atomic mass is 10.1. The van der Waals surface area contributed by atoms with Crippen molar-refractivity contribution in [3.8, 4) is 0 Å². The summed E-state index contributed by atoms with van der Waals surface area (Å²) in [7, 11) is 0. The molecule has 1 aliphatic rings. The van der Waals surface area contributed by atoms with E-state index in [-0.39, 0.29) is 5.69 Å². The number of hydrogen-bond donors (Lipinski definition) is 1. The van der Waals surface area contributed by atoms with E-state index in [0.717, 1.165) is 43.9 Å². The number of carbonyl (C=O) groups excluding carboxylic acids is 1. The number of nitrogens with zero attached hydrogens (tertiary/aromatic N) is 3. The zero-order valence-electron chi connectivity index (χ0n) is 18.5. The third-order valence-corrected chi connectivity index (χ3v) is 5.73. The van der Waals surface area contributed by atoms with Crippen molar-refractivity contribution < 1.29 is 26.8 Å². The van der Waals surface area contributed by atoms with Crippen LogP contribution in [0, 0.1) is 12.7 Å². The molecule has 0 spiro atoms. The molecule has 0 bridgehead atoms. The van der Waals surface area contributed by atoms with Crippen LogP contribution in [0.3, 0.4) is 0 Å². The summed E-state index contributed by atoms with van der Waals surface area (Å²) in [6.07, 6.45) is -3.06. The van der Waals surface area contributed by atoms with E-state index in [1.54, 1.807) is 19.1 Å². The number of hydrogen-bond acceptors (Lipinski definition) is 5. The Morgan fingerprint density at radius 1 is 1.03 bits per heavy atom. The molecular formula is C24H24F4N4O2. The van der Waals surface area contributed by atoms with Gasteiger partial charge >= 0.3 is 6.18 Å². The highest BCUT2D eigenvalue weighted by molar-refractivity contribution is 6.02. The van der Waals surface area contributed by atoms with Gasteiger partial charge in [-0.1, -0.05) is 18.2 Å². The van der Waals surface area contributed by atoms with E-state index in [9.17, 15) is 22.4 Å². The van der Waals surface area contributed by atoms with E-state index in [1.807, 2.05) is 0 Å². The Morgan fingerprint density at radius 2 is 1.68 bits per heavy atom. The van der Waals surface area contributed by atoms with Crippen molar-refractivity contribution in [3.63, 3.8) is 0 Å². The number of oxazole rings is 1. The third-order valence-electron chi connectivity index (χ3n) is 5.73. The van der Waals surface area contributed by atoms with Gasteiger partial charge in [-0.25, -0.2) is 9.37 Å². The van der Waals surface area contributed by atoms with Gasteiger partial charge in [0.05, 0.1) is 12.1 Å². The van der Waals surface area contributed by atoms with E-state index < -0.39 is 23.5 Å². The predicted molar refractivity (Wildman–Crippen MR) is 118 cm³/mol. The number of nitrogens with one attached hydrogen (secondary N) is 1. The second-order valence-corrected chi connectivity index (χ2v) is 8.29. The van der Waals surface area contributed by atoms with Crippen LogP contribution >= 0.6 is 0 Å². The van der Waals surface area contributed by atoms with Crippen LogP contribution in [-0.4, -0.2) is 46.9 Å². The first-order chi connectivity index (χ1) is 16.2. The summed E-state index contributed by atoms with van der Waals surface area (Å²) in [6.45, 7) is 5.59. The molecule has 6 nitrogen and oxygen atoms in total. The van der Waals surface area contributed by atoms with E-state index in [2.05, 4.69) is 20.1 Å². The van der Waals surface area contributed by atoms with Crippen molar-refractivity contribution >= 4 is 11.6 Å². The lowest BCUT2D eigenvalue weighted by molar-refractivity contribution is -0.137. The summed E-state index contributed by atoms with van der Waals surface area (Å²) in [5.74, 6) is -0.493. The second-order valence-electron chi connectivity index (χ2n) is 8.29. The molecule has 1 saturated heterocycles. The summed E-state index contributed by atoms with van der Waals surface area (Å²) in [6, 6.07) is 9.68. The molecule has 0 saturated carbocycles. The van der Waals surface area contributed by atoms with Gasteiger partial charge in [0.15, 0.2) is 5.69 Å². The standard InChI is InChI=1S/C24H24F4N4O2/c1-16-2-7-19(12-20(16)25)29-23(33)21-15-34-22(30-21)14-32-10-8-31(9-11-32)13-17-3-5-18(6-4-17)24(26,27)28/h2-7,12,15H,8-11,13-14H2,1H3,(H,29,33). The third kappa shape index (κ3) is 6.00. The molecule has 3 aromatic rings. The van der Waals surface area contributed by atoms with Crippen LogP contribution in [0.25, 0.3) is 0 Å². The number of halogens is 4. The maximum atomic E-state index is 13.7. The van der Waals surface area contributed by atoms with E-state index in [1.165, 1.54) is 24.5 Å². The van der Waals surface area contributed by atoms with Crippen LogP contribution in [-0.2, 0) is 19.3 Å². The maximum absolute atomic E-state index is 13.7. The molecule has 2 heterocycles. The molecular weight excluding hydrogens is 452 g/mol. The number of carbonyl (C=O) groups is 1. The second kappa shape index (κ2) is 9.94. The molecule has 0 atom stereocenters. The molecule has 34 heavy (non-hydrogen) atoms. The molecule has 1 amide bonds. The number of rotatable bonds is 6. The van der Waals surface area contributed by atoms with Crippen LogP contribution < -0.4 is 5.32 Å². The number of aryl methyl sites for hydroxylation is 1. The highest BCUT2D eigenvalue weighted by atomic mass is 19.4. The fourth-order valence-corrected chi connectivity index (χ4v) is 3.71. The average molecular weight is 476 g/mol. The monoisotopic (exact) mass is 476 g/mol. The summed E-state index contributed by atoms with van der Waals surface area (Å²) < 4.78 is 57.2. The minimum Gasteiger partial charge on any atom is -0.447 e. The number of benzene rings is 2. The van der Waals surface area contributed by atoms with Crippen molar-refractivity contribution in [1.29, 1.82) is 0 Å². The minimum atomic E-state index is -4.33. The average Bonchev–Trinajstić information content (AvgIpc) is 3.26. The van der Waals surface area contributed by atoms with Crippen molar-refractivity contribution in [1.82, 2.24) is 14.8 Å². The Kier molecular flexibility index (Phi) is 6.99. The molecule has 0 unspecified atom stereocenters. The SMILES string of the molecule is Cc1ccc(NC(=O)c2coc(CN3CCN(Cc4ccc(C(F)(F)F)cc4)CC3)n2)cc1F. The van der Waals surface area contributed by atoms with Crippen LogP contribution in [0.1, 0.15) is 33.1 Å². The Labute approximate surface area is 194 Å². The Hall–Kier alpha value is -3.24. The molecule has 2 aromatic carbocycles. The molecule has 1 aliphatic heterocycles. The number of piperazine rings is 1. The fraction of sp³-hybridized carbons (Fsp3) is 0.333. The maximum Gasteiger partial charge on any atom is 0.416 e. The number of alkyl halides is 3. The predicted octanol–water partition coefficient (Wildman–Crippen LogP) is 4.71. The smallest absolute Gasteiger partial charge is 0.416 e. The van der Waals surface area contributed by atoms with Gasteiger partial charge in [-0.2, -0.15) is 13.2 Å². The molecule has 1 fully saturated rings. The molecule has 180 valence electrons. The molecule has 1 N–H and O–H groups in total. The number of amides is 1. The fourth-order valence-electron chi connectivity index (χ4n) is 3.71. The van der Waals surface area contributed by atoms with E-state index >= 15 is 0 Å². The van der Waals surface area contributed by atoms with E-state index in [4.69, 9.17) is 4.42 Å². The van der Waals surface area contributed by atoms with Crippen molar-refractivity contribution in [2.75, 3.05) is 31.5 Å². The Morgan fingerprint density at radius 3 is 2.29 bits per heavy atom. The zero-order valence-corrected chi connectivity index (χ0v) is 18.5. The van der Waals surface area contributed by atoms with Crippen LogP contribution in [0.4, 0.5) is 23.2 Å². The van der Waals surface area contributed by atoms with E-state index in [0.29, 0.717) is 30.2 Å². The Balaban J connectivity index is 1.25. The van der Waals surface area contributed by atoms with Gasteiger partial charge in [0.25, 0.3) is 5.91 Å². The van der Waals surface area contributed by atoms with Gasteiger partial charge in [0, 0.05) is 38.4 Å². The highest BCUT2D eigenvalue weighted by Crippen LogP contribution is 2.29. The van der Waals surface area contributed by atoms with Gasteiger partial charge in [0.1, 0.15) is 12.1 Å². The summed E-state index contributed by atoms with van der Waals surface area (Å²) in [4.78, 5) is 20.9. The molecule has 4 rings (SSSR count). The van der Waals surface area contributed by atoms with Crippen LogP contribution in [0.5, 0.6) is 0 Å². The van der Waals surface area contributed by atoms with Crippen molar-refractivity contribution in [3.05, 3.63) is 82.8 Å². The summed E-state index contributed by atoms with van der Waals surface area (Å²) in [5, 5.41) is 2.60. The first kappa shape index (κ1) is 23.9. The van der Waals surface area contributed by atoms with Crippen LogP contribution in [0.15, 0.2) is 53.1 Å². The molecule has 0 radical (unpaired) electrons. The van der Waals surface area contributed by atoms with Gasteiger partial charge in [-0.15, -0.1) is 0 Å². The van der Waals surface area contributed by atoms with Gasteiger partial charge in [0.2, 0.25) is 5.89 Å². The summed E-state index contributed by atoms with van der Waals surface area (Å²) >= 11 is 0. The lowest BCUT2D eigenvalue weighted by Gasteiger charge is -2.34. The largest absolute Gasteiger partial charge is 0.447 e. The van der Waals surface area contributed by atoms with Gasteiger partial charge in [-0.3, -0.25) is 14.6 Å². The topological polar surface area (TPSA) is 61.6 Å². The first-order valence-electron chi connectivity index (χ1n) is 10.8. The molecule has 10 heteroatoms. The van der Waals surface area contributed by atoms with Crippen molar-refractivity contribution in [2.45, 2.75) is 26.2 Å². The lowest BCUT2D eigenvalue weighted by Crippen LogP contribution is -2.45. The molecule has 0 aliphatic carbocycles. The number of aromatic nitrogens is 1. The first-order valence-corrected chi connectivity index (χ1v) is 10.8. The van der Waals surface area contributed by atoms with Gasteiger partial charge < -0.3 is 9.73 Å². The summed E-state index contributed by atoms with van der Waals surface area (Å²) in [5.41, 5.74) is 1.12. The zero-order chi connectivity index (χ0) is 24.3. The van der Waals surface area contributed by atoms with Crippen LogP contribution in [0.2, 0.25) is 0 Å².